The first kappa shape index (κ1) is 24.0. The van der Waals surface area contributed by atoms with E-state index in [9.17, 15) is 4.79 Å². The molecule has 1 atom stereocenters. The molecule has 164 valence electrons. The van der Waals surface area contributed by atoms with Crippen LogP contribution in [0.3, 0.4) is 0 Å². The SMILES string of the molecule is C=CCCCCCCCCCOC(=O)[C@@H](CC(C)C)Nc1cccc2ccccc12. The summed E-state index contributed by atoms with van der Waals surface area (Å²) >= 11 is 0. The number of carbonyl (C=O) groups excluding carboxylic acids is 1. The van der Waals surface area contributed by atoms with E-state index in [-0.39, 0.29) is 12.0 Å². The maximum Gasteiger partial charge on any atom is 0.328 e. The number of fused-ring (bicyclic) bond motifs is 1. The number of ether oxygens (including phenoxy) is 1. The van der Waals surface area contributed by atoms with E-state index in [0.717, 1.165) is 36.8 Å². The van der Waals surface area contributed by atoms with Gasteiger partial charge in [-0.3, -0.25) is 0 Å². The summed E-state index contributed by atoms with van der Waals surface area (Å²) in [5.41, 5.74) is 0.993. The molecule has 0 amide bonds. The van der Waals surface area contributed by atoms with Gasteiger partial charge < -0.3 is 10.1 Å². The van der Waals surface area contributed by atoms with E-state index in [1.54, 1.807) is 0 Å². The third-order valence-corrected chi connectivity index (χ3v) is 5.41. The Balaban J connectivity index is 1.78. The van der Waals surface area contributed by atoms with Gasteiger partial charge in [-0.05, 0) is 43.1 Å². The Morgan fingerprint density at radius 2 is 1.63 bits per heavy atom. The second-order valence-electron chi connectivity index (χ2n) is 8.57. The molecule has 0 aliphatic rings. The molecule has 0 spiro atoms. The molecule has 0 fully saturated rings. The highest BCUT2D eigenvalue weighted by molar-refractivity contribution is 5.95. The van der Waals surface area contributed by atoms with Gasteiger partial charge in [-0.25, -0.2) is 4.79 Å². The van der Waals surface area contributed by atoms with Crippen molar-refractivity contribution in [1.82, 2.24) is 0 Å². The number of hydrogen-bond donors (Lipinski definition) is 1. The molecule has 30 heavy (non-hydrogen) atoms. The van der Waals surface area contributed by atoms with E-state index in [1.165, 1.54) is 37.5 Å². The molecule has 0 saturated carbocycles. The maximum atomic E-state index is 12.8. The number of carbonyl (C=O) groups is 1. The molecule has 2 aromatic carbocycles. The number of hydrogen-bond acceptors (Lipinski definition) is 3. The standard InChI is InChI=1S/C27H39NO2/c1-4-5-6-7-8-9-10-11-14-20-30-27(29)26(21-22(2)3)28-25-19-15-17-23-16-12-13-18-24(23)25/h4,12-13,15-19,22,26,28H,1,5-11,14,20-21H2,2-3H3/t26-/m1/s1. The molecule has 3 nitrogen and oxygen atoms in total. The predicted molar refractivity (Wildman–Crippen MR) is 129 cm³/mol. The Hall–Kier alpha value is -2.29. The van der Waals surface area contributed by atoms with Crippen molar-refractivity contribution in [1.29, 1.82) is 0 Å². The van der Waals surface area contributed by atoms with E-state index >= 15 is 0 Å². The van der Waals surface area contributed by atoms with E-state index < -0.39 is 0 Å². The third-order valence-electron chi connectivity index (χ3n) is 5.41. The summed E-state index contributed by atoms with van der Waals surface area (Å²) in [6.07, 6.45) is 12.3. The van der Waals surface area contributed by atoms with Crippen molar-refractivity contribution >= 4 is 22.4 Å². The van der Waals surface area contributed by atoms with Crippen LogP contribution < -0.4 is 5.32 Å². The zero-order chi connectivity index (χ0) is 21.6. The number of allylic oxidation sites excluding steroid dienone is 1. The fourth-order valence-electron chi connectivity index (χ4n) is 3.77. The van der Waals surface area contributed by atoms with Gasteiger partial charge >= 0.3 is 5.97 Å². The highest BCUT2D eigenvalue weighted by Gasteiger charge is 2.21. The molecule has 0 heterocycles. The number of nitrogens with one attached hydrogen (secondary N) is 1. The lowest BCUT2D eigenvalue weighted by atomic mass is 10.0. The van der Waals surface area contributed by atoms with Gasteiger partial charge in [-0.2, -0.15) is 0 Å². The van der Waals surface area contributed by atoms with Gasteiger partial charge in [-0.1, -0.05) is 88.4 Å². The van der Waals surface area contributed by atoms with Crippen molar-refractivity contribution in [3.05, 3.63) is 55.1 Å². The molecule has 0 radical (unpaired) electrons. The summed E-state index contributed by atoms with van der Waals surface area (Å²) in [6.45, 7) is 8.55. The predicted octanol–water partition coefficient (Wildman–Crippen LogP) is 7.52. The molecule has 0 bridgehead atoms. The van der Waals surface area contributed by atoms with Crippen molar-refractivity contribution < 1.29 is 9.53 Å². The summed E-state index contributed by atoms with van der Waals surface area (Å²) < 4.78 is 5.64. The fraction of sp³-hybridized carbons (Fsp3) is 0.519. The zero-order valence-corrected chi connectivity index (χ0v) is 18.9. The molecule has 0 saturated heterocycles. The molecular weight excluding hydrogens is 370 g/mol. The van der Waals surface area contributed by atoms with Crippen LogP contribution in [-0.4, -0.2) is 18.6 Å². The molecule has 0 unspecified atom stereocenters. The number of esters is 1. The van der Waals surface area contributed by atoms with Crippen LogP contribution in [0.4, 0.5) is 5.69 Å². The van der Waals surface area contributed by atoms with E-state index in [2.05, 4.69) is 43.9 Å². The lowest BCUT2D eigenvalue weighted by Gasteiger charge is -2.21. The van der Waals surface area contributed by atoms with Crippen LogP contribution in [0.15, 0.2) is 55.1 Å². The number of benzene rings is 2. The van der Waals surface area contributed by atoms with Crippen LogP contribution >= 0.6 is 0 Å². The van der Waals surface area contributed by atoms with Crippen molar-refractivity contribution in [2.45, 2.75) is 77.7 Å². The van der Waals surface area contributed by atoms with Crippen molar-refractivity contribution in [3.8, 4) is 0 Å². The van der Waals surface area contributed by atoms with E-state index in [1.807, 2.05) is 30.3 Å². The van der Waals surface area contributed by atoms with Crippen molar-refractivity contribution in [2.75, 3.05) is 11.9 Å². The monoisotopic (exact) mass is 409 g/mol. The minimum Gasteiger partial charge on any atom is -0.464 e. The number of anilines is 1. The molecule has 3 heteroatoms. The van der Waals surface area contributed by atoms with Gasteiger partial charge in [0.2, 0.25) is 0 Å². The topological polar surface area (TPSA) is 38.3 Å². The summed E-state index contributed by atoms with van der Waals surface area (Å²) in [5, 5.41) is 5.76. The average molecular weight is 410 g/mol. The lowest BCUT2D eigenvalue weighted by molar-refractivity contribution is -0.145. The Morgan fingerprint density at radius 3 is 2.37 bits per heavy atom. The van der Waals surface area contributed by atoms with Crippen LogP contribution in [0.25, 0.3) is 10.8 Å². The Kier molecular flexibility index (Phi) is 11.1. The fourth-order valence-corrected chi connectivity index (χ4v) is 3.77. The first-order chi connectivity index (χ1) is 14.6. The quantitative estimate of drug-likeness (QED) is 0.188. The first-order valence-corrected chi connectivity index (χ1v) is 11.6. The van der Waals surface area contributed by atoms with Crippen LogP contribution in [0.1, 0.15) is 71.6 Å². The van der Waals surface area contributed by atoms with Crippen LogP contribution in [0.5, 0.6) is 0 Å². The zero-order valence-electron chi connectivity index (χ0n) is 18.9. The largest absolute Gasteiger partial charge is 0.464 e. The Morgan fingerprint density at radius 1 is 0.967 bits per heavy atom. The van der Waals surface area contributed by atoms with Crippen molar-refractivity contribution in [2.24, 2.45) is 5.92 Å². The maximum absolute atomic E-state index is 12.8. The van der Waals surface area contributed by atoms with Crippen molar-refractivity contribution in [3.63, 3.8) is 0 Å². The molecule has 2 aromatic rings. The Bertz CT molecular complexity index is 763. The summed E-state index contributed by atoms with van der Waals surface area (Å²) in [5.74, 6) is 0.271. The third kappa shape index (κ3) is 8.61. The van der Waals surface area contributed by atoms with Gasteiger partial charge in [0.1, 0.15) is 6.04 Å². The molecule has 1 N–H and O–H groups in total. The summed E-state index contributed by atoms with van der Waals surface area (Å²) in [4.78, 5) is 12.8. The number of rotatable bonds is 15. The molecule has 0 aliphatic heterocycles. The van der Waals surface area contributed by atoms with Gasteiger partial charge in [-0.15, -0.1) is 6.58 Å². The van der Waals surface area contributed by atoms with Crippen LogP contribution in [-0.2, 0) is 9.53 Å². The molecule has 0 aliphatic carbocycles. The van der Waals surface area contributed by atoms with Crippen LogP contribution in [0, 0.1) is 5.92 Å². The minimum absolute atomic E-state index is 0.138. The highest BCUT2D eigenvalue weighted by Crippen LogP contribution is 2.25. The second kappa shape index (κ2) is 13.8. The normalized spacial score (nSPS) is 12.1. The molecule has 2 rings (SSSR count). The molecular formula is C27H39NO2. The summed E-state index contributed by atoms with van der Waals surface area (Å²) in [6, 6.07) is 14.1. The highest BCUT2D eigenvalue weighted by atomic mass is 16.5. The minimum atomic E-state index is -0.319. The van der Waals surface area contributed by atoms with Gasteiger partial charge in [0.15, 0.2) is 0 Å². The van der Waals surface area contributed by atoms with Gasteiger partial charge in [0.25, 0.3) is 0 Å². The average Bonchev–Trinajstić information content (AvgIpc) is 2.74. The summed E-state index contributed by atoms with van der Waals surface area (Å²) in [7, 11) is 0. The number of unbranched alkanes of at least 4 members (excludes halogenated alkanes) is 7. The van der Waals surface area contributed by atoms with Crippen LogP contribution in [0.2, 0.25) is 0 Å². The van der Waals surface area contributed by atoms with Gasteiger partial charge in [0, 0.05) is 11.1 Å². The van der Waals surface area contributed by atoms with E-state index in [4.69, 9.17) is 4.74 Å². The Labute approximate surface area is 182 Å². The van der Waals surface area contributed by atoms with E-state index in [0.29, 0.717) is 12.5 Å². The first-order valence-electron chi connectivity index (χ1n) is 11.6. The smallest absolute Gasteiger partial charge is 0.328 e. The lowest BCUT2D eigenvalue weighted by Crippen LogP contribution is -2.33. The van der Waals surface area contributed by atoms with Gasteiger partial charge in [0.05, 0.1) is 6.61 Å². The molecule has 0 aromatic heterocycles. The second-order valence-corrected chi connectivity index (χ2v) is 8.57.